The van der Waals surface area contributed by atoms with Crippen molar-refractivity contribution in [3.8, 4) is 11.1 Å². The van der Waals surface area contributed by atoms with Gasteiger partial charge in [0, 0.05) is 16.1 Å². The minimum absolute atomic E-state index is 0.307. The molecule has 1 aromatic heterocycles. The van der Waals surface area contributed by atoms with Gasteiger partial charge in [0.1, 0.15) is 24.1 Å². The van der Waals surface area contributed by atoms with Crippen LogP contribution in [0.25, 0.3) is 11.1 Å². The largest absolute Gasteiger partial charge is 0.362 e. The molecular weight excluding hydrogens is 317 g/mol. The van der Waals surface area contributed by atoms with Gasteiger partial charge in [-0.1, -0.05) is 35.9 Å². The maximum absolute atomic E-state index is 14.3. The molecule has 2 heterocycles. The maximum Gasteiger partial charge on any atom is 0.137 e. The van der Waals surface area contributed by atoms with Crippen LogP contribution in [-0.4, -0.2) is 21.4 Å². The van der Waals surface area contributed by atoms with Gasteiger partial charge in [0.25, 0.3) is 0 Å². The average Bonchev–Trinajstić information content (AvgIpc) is 3.15. The van der Waals surface area contributed by atoms with Crippen LogP contribution in [0.15, 0.2) is 55.1 Å². The molecule has 1 saturated heterocycles. The summed E-state index contributed by atoms with van der Waals surface area (Å²) in [6.07, 6.45) is 3.12. The van der Waals surface area contributed by atoms with Crippen molar-refractivity contribution in [2.75, 3.05) is 6.61 Å². The predicted molar refractivity (Wildman–Crippen MR) is 84.5 cm³/mol. The third kappa shape index (κ3) is 2.62. The molecule has 0 aliphatic carbocycles. The van der Waals surface area contributed by atoms with Crippen LogP contribution in [0, 0.1) is 5.82 Å². The first-order chi connectivity index (χ1) is 11.2. The Morgan fingerprint density at radius 3 is 2.74 bits per heavy atom. The monoisotopic (exact) mass is 329 g/mol. The van der Waals surface area contributed by atoms with Crippen LogP contribution < -0.4 is 0 Å². The number of hydrogen-bond donors (Lipinski definition) is 0. The van der Waals surface area contributed by atoms with Crippen LogP contribution in [0.5, 0.6) is 0 Å². The molecule has 2 aromatic carbocycles. The number of benzene rings is 2. The Kier molecular flexibility index (Phi) is 3.39. The van der Waals surface area contributed by atoms with Gasteiger partial charge in [-0.3, -0.25) is 0 Å². The van der Waals surface area contributed by atoms with Gasteiger partial charge >= 0.3 is 0 Å². The van der Waals surface area contributed by atoms with Gasteiger partial charge in [-0.2, -0.15) is 5.10 Å². The first-order valence-electron chi connectivity index (χ1n) is 7.19. The molecule has 0 saturated carbocycles. The minimum atomic E-state index is -0.475. The van der Waals surface area contributed by atoms with Crippen LogP contribution >= 0.6 is 11.6 Å². The van der Waals surface area contributed by atoms with Crippen molar-refractivity contribution in [1.29, 1.82) is 0 Å². The van der Waals surface area contributed by atoms with Crippen molar-refractivity contribution in [2.45, 2.75) is 12.1 Å². The molecule has 1 aliphatic rings. The molecule has 4 nitrogen and oxygen atoms in total. The normalized spacial score (nSPS) is 19.7. The number of ether oxygens (including phenoxy) is 1. The summed E-state index contributed by atoms with van der Waals surface area (Å²) in [5.41, 5.74) is 1.58. The quantitative estimate of drug-likeness (QED) is 0.686. The van der Waals surface area contributed by atoms with E-state index in [1.165, 1.54) is 12.4 Å². The maximum atomic E-state index is 14.3. The summed E-state index contributed by atoms with van der Waals surface area (Å²) in [7, 11) is 0. The van der Waals surface area contributed by atoms with E-state index in [0.29, 0.717) is 29.3 Å². The second-order valence-electron chi connectivity index (χ2n) is 5.55. The minimum Gasteiger partial charge on any atom is -0.362 e. The Bertz CT molecular complexity index is 847. The number of hydrogen-bond acceptors (Lipinski definition) is 3. The number of rotatable bonds is 4. The van der Waals surface area contributed by atoms with Gasteiger partial charge in [0.05, 0.1) is 13.2 Å². The summed E-state index contributed by atoms with van der Waals surface area (Å²) in [6.45, 7) is 1.11. The zero-order valence-electron chi connectivity index (χ0n) is 12.1. The molecule has 0 bridgehead atoms. The van der Waals surface area contributed by atoms with E-state index in [2.05, 4.69) is 10.1 Å². The van der Waals surface area contributed by atoms with Crippen molar-refractivity contribution < 1.29 is 9.13 Å². The highest BCUT2D eigenvalue weighted by molar-refractivity contribution is 6.33. The fraction of sp³-hybridized carbons (Fsp3) is 0.176. The second-order valence-corrected chi connectivity index (χ2v) is 5.96. The summed E-state index contributed by atoms with van der Waals surface area (Å²) in [6, 6.07) is 12.2. The highest BCUT2D eigenvalue weighted by atomic mass is 35.5. The Morgan fingerprint density at radius 2 is 2.04 bits per heavy atom. The number of epoxide rings is 1. The van der Waals surface area contributed by atoms with E-state index in [0.717, 1.165) is 5.56 Å². The lowest BCUT2D eigenvalue weighted by Gasteiger charge is -2.15. The standard InChI is InChI=1S/C17H13ClFN3O/c18-15-4-2-1-3-13(15)14-7-12(5-6-16(14)19)17(9-23-17)8-22-11-20-10-21-22/h1-7,10-11H,8-9H2. The fourth-order valence-corrected chi connectivity index (χ4v) is 2.94. The van der Waals surface area contributed by atoms with Gasteiger partial charge in [-0.05, 0) is 23.8 Å². The molecule has 0 spiro atoms. The van der Waals surface area contributed by atoms with Crippen molar-refractivity contribution >= 4 is 11.6 Å². The lowest BCUT2D eigenvalue weighted by molar-refractivity contribution is 0.269. The van der Waals surface area contributed by atoms with E-state index < -0.39 is 5.60 Å². The molecule has 1 unspecified atom stereocenters. The van der Waals surface area contributed by atoms with E-state index in [-0.39, 0.29) is 5.82 Å². The van der Waals surface area contributed by atoms with Crippen molar-refractivity contribution in [2.24, 2.45) is 0 Å². The molecular formula is C17H13ClFN3O. The van der Waals surface area contributed by atoms with Gasteiger partial charge in [-0.15, -0.1) is 0 Å². The second kappa shape index (κ2) is 5.44. The van der Waals surface area contributed by atoms with Gasteiger partial charge in [-0.25, -0.2) is 14.1 Å². The molecule has 0 N–H and O–H groups in total. The van der Waals surface area contributed by atoms with Gasteiger partial charge in [0.2, 0.25) is 0 Å². The summed E-state index contributed by atoms with van der Waals surface area (Å²) in [5, 5.41) is 4.63. The van der Waals surface area contributed by atoms with Crippen LogP contribution in [-0.2, 0) is 16.9 Å². The SMILES string of the molecule is Fc1ccc(C2(Cn3cncn3)CO2)cc1-c1ccccc1Cl. The van der Waals surface area contributed by atoms with Gasteiger partial charge in [0.15, 0.2) is 0 Å². The van der Waals surface area contributed by atoms with Crippen LogP contribution in [0.3, 0.4) is 0 Å². The molecule has 6 heteroatoms. The molecule has 1 fully saturated rings. The molecule has 1 atom stereocenters. The van der Waals surface area contributed by atoms with Crippen molar-refractivity contribution in [1.82, 2.24) is 14.8 Å². The Hall–Kier alpha value is -2.24. The highest BCUT2D eigenvalue weighted by Gasteiger charge is 2.47. The Balaban J connectivity index is 1.74. The molecule has 23 heavy (non-hydrogen) atoms. The van der Waals surface area contributed by atoms with Crippen LogP contribution in [0.1, 0.15) is 5.56 Å². The number of aromatic nitrogens is 3. The van der Waals surface area contributed by atoms with Crippen molar-refractivity contribution in [3.63, 3.8) is 0 Å². The van der Waals surface area contributed by atoms with E-state index in [9.17, 15) is 4.39 Å². The molecule has 3 aromatic rings. The molecule has 4 rings (SSSR count). The zero-order chi connectivity index (χ0) is 15.9. The van der Waals surface area contributed by atoms with Crippen molar-refractivity contribution in [3.05, 3.63) is 71.5 Å². The Labute approximate surface area is 137 Å². The van der Waals surface area contributed by atoms with Crippen LogP contribution in [0.4, 0.5) is 4.39 Å². The number of nitrogens with zero attached hydrogens (tertiary/aromatic N) is 3. The van der Waals surface area contributed by atoms with Gasteiger partial charge < -0.3 is 4.74 Å². The first kappa shape index (κ1) is 14.4. The predicted octanol–water partition coefficient (Wildman–Crippen LogP) is 3.66. The topological polar surface area (TPSA) is 43.2 Å². The average molecular weight is 330 g/mol. The Morgan fingerprint density at radius 1 is 1.22 bits per heavy atom. The van der Waals surface area contributed by atoms with E-state index in [1.807, 2.05) is 18.2 Å². The van der Waals surface area contributed by atoms with E-state index in [1.54, 1.807) is 29.2 Å². The first-order valence-corrected chi connectivity index (χ1v) is 7.57. The zero-order valence-corrected chi connectivity index (χ0v) is 12.9. The lowest BCUT2D eigenvalue weighted by atomic mass is 9.95. The molecule has 0 radical (unpaired) electrons. The smallest absolute Gasteiger partial charge is 0.137 e. The van der Waals surface area contributed by atoms with E-state index in [4.69, 9.17) is 16.3 Å². The molecule has 116 valence electrons. The summed E-state index contributed by atoms with van der Waals surface area (Å²) < 4.78 is 21.7. The third-order valence-electron chi connectivity index (χ3n) is 4.03. The molecule has 1 aliphatic heterocycles. The highest BCUT2D eigenvalue weighted by Crippen LogP contribution is 2.42. The van der Waals surface area contributed by atoms with E-state index >= 15 is 0 Å². The van der Waals surface area contributed by atoms with Crippen LogP contribution in [0.2, 0.25) is 5.02 Å². The summed E-state index contributed by atoms with van der Waals surface area (Å²) in [4.78, 5) is 3.94. The lowest BCUT2D eigenvalue weighted by Crippen LogP contribution is -2.18. The third-order valence-corrected chi connectivity index (χ3v) is 4.36. The fourth-order valence-electron chi connectivity index (χ4n) is 2.71. The molecule has 0 amide bonds. The number of halogens is 2. The summed E-state index contributed by atoms with van der Waals surface area (Å²) in [5.74, 6) is -0.307. The summed E-state index contributed by atoms with van der Waals surface area (Å²) >= 11 is 6.21.